The van der Waals surface area contributed by atoms with Gasteiger partial charge in [0.05, 0.1) is 6.34 Å². The first-order valence-electron chi connectivity index (χ1n) is 16.4. The van der Waals surface area contributed by atoms with E-state index in [0.29, 0.717) is 11.8 Å². The lowest BCUT2D eigenvalue weighted by Crippen LogP contribution is -2.35. The van der Waals surface area contributed by atoms with Gasteiger partial charge in [0.2, 0.25) is 0 Å². The number of benzene rings is 2. The molecule has 3 rings (SSSR count). The predicted molar refractivity (Wildman–Crippen MR) is 172 cm³/mol. The third-order valence-corrected chi connectivity index (χ3v) is 8.41. The monoisotopic (exact) mass is 528 g/mol. The van der Waals surface area contributed by atoms with E-state index in [9.17, 15) is 0 Å². The minimum absolute atomic E-state index is 0.493. The molecular formula is C37H56N2. The summed E-state index contributed by atoms with van der Waals surface area (Å²) in [4.78, 5) is 7.22. The van der Waals surface area contributed by atoms with Crippen molar-refractivity contribution in [2.24, 2.45) is 10.9 Å². The summed E-state index contributed by atoms with van der Waals surface area (Å²) in [6.45, 7) is 5.52. The van der Waals surface area contributed by atoms with Crippen LogP contribution in [0.4, 0.5) is 0 Å². The molecule has 39 heavy (non-hydrogen) atoms. The fraction of sp³-hybridized carbons (Fsp3) is 0.595. The van der Waals surface area contributed by atoms with E-state index >= 15 is 0 Å². The number of nitrogens with zero attached hydrogens (tertiary/aromatic N) is 2. The van der Waals surface area contributed by atoms with Gasteiger partial charge in [0, 0.05) is 25.6 Å². The van der Waals surface area contributed by atoms with Crippen LogP contribution < -0.4 is 0 Å². The Morgan fingerprint density at radius 1 is 0.667 bits per heavy atom. The van der Waals surface area contributed by atoms with Crippen molar-refractivity contribution in [2.75, 3.05) is 19.6 Å². The first-order valence-corrected chi connectivity index (χ1v) is 16.4. The van der Waals surface area contributed by atoms with Crippen molar-refractivity contribution >= 4 is 6.34 Å². The second-order valence-corrected chi connectivity index (χ2v) is 11.6. The number of unbranched alkanes of at least 4 members (excludes halogenated alkanes) is 12. The third kappa shape index (κ3) is 13.0. The Morgan fingerprint density at radius 3 is 1.69 bits per heavy atom. The van der Waals surface area contributed by atoms with Crippen LogP contribution in [0.25, 0.3) is 0 Å². The number of hydrogen-bond acceptors (Lipinski definition) is 1. The standard InChI is InChI=1S/C37H56N2/c1-2-3-4-5-6-7-8-9-10-11-12-13-14-15-16-23-30-38-33-39-31-28-36(29-32-39)37(34-24-19-17-20-25-34)35-26-21-18-22-27-35/h9-10,17-22,24-27,33,36-37H,2-8,11-16,23,28-32H2,1H3/b10-9+,38-33?. The first kappa shape index (κ1) is 31.2. The molecule has 214 valence electrons. The molecule has 0 unspecified atom stereocenters. The Labute approximate surface area is 241 Å². The topological polar surface area (TPSA) is 15.6 Å². The minimum atomic E-state index is 0.493. The molecule has 1 fully saturated rings. The van der Waals surface area contributed by atoms with Gasteiger partial charge in [0.15, 0.2) is 0 Å². The maximum absolute atomic E-state index is 4.78. The van der Waals surface area contributed by atoms with Crippen LogP contribution in [0.3, 0.4) is 0 Å². The lowest BCUT2D eigenvalue weighted by Gasteiger charge is -2.36. The minimum Gasteiger partial charge on any atom is -0.363 e. The molecule has 0 N–H and O–H groups in total. The van der Waals surface area contributed by atoms with Gasteiger partial charge in [-0.15, -0.1) is 0 Å². The lowest BCUT2D eigenvalue weighted by molar-refractivity contribution is 0.254. The van der Waals surface area contributed by atoms with Crippen molar-refractivity contribution in [2.45, 2.75) is 116 Å². The van der Waals surface area contributed by atoms with Crippen molar-refractivity contribution in [3.05, 3.63) is 83.9 Å². The van der Waals surface area contributed by atoms with Crippen LogP contribution in [0.1, 0.15) is 127 Å². The van der Waals surface area contributed by atoms with Gasteiger partial charge in [0.1, 0.15) is 0 Å². The van der Waals surface area contributed by atoms with Crippen molar-refractivity contribution < 1.29 is 0 Å². The third-order valence-electron chi connectivity index (χ3n) is 8.41. The van der Waals surface area contributed by atoms with E-state index in [1.165, 1.54) is 114 Å². The molecule has 0 amide bonds. The molecule has 0 aromatic heterocycles. The van der Waals surface area contributed by atoms with Crippen LogP contribution in [-0.2, 0) is 0 Å². The molecule has 0 spiro atoms. The highest BCUT2D eigenvalue weighted by molar-refractivity contribution is 5.55. The Hall–Kier alpha value is -2.35. The molecule has 0 atom stereocenters. The Balaban J connectivity index is 1.20. The number of hydrogen-bond donors (Lipinski definition) is 0. The summed E-state index contributed by atoms with van der Waals surface area (Å²) >= 11 is 0. The molecule has 2 nitrogen and oxygen atoms in total. The fourth-order valence-electron chi connectivity index (χ4n) is 6.05. The highest BCUT2D eigenvalue weighted by atomic mass is 15.1. The molecule has 1 aliphatic rings. The second kappa shape index (κ2) is 20.5. The largest absolute Gasteiger partial charge is 0.363 e. The normalized spacial score (nSPS) is 14.8. The van der Waals surface area contributed by atoms with Gasteiger partial charge in [-0.3, -0.25) is 4.99 Å². The average Bonchev–Trinajstić information content (AvgIpc) is 2.98. The van der Waals surface area contributed by atoms with E-state index < -0.39 is 0 Å². The number of rotatable bonds is 20. The van der Waals surface area contributed by atoms with Crippen LogP contribution in [0, 0.1) is 5.92 Å². The predicted octanol–water partition coefficient (Wildman–Crippen LogP) is 10.6. The molecule has 0 aliphatic carbocycles. The Morgan fingerprint density at radius 2 is 1.15 bits per heavy atom. The van der Waals surface area contributed by atoms with Gasteiger partial charge in [-0.2, -0.15) is 0 Å². The smallest absolute Gasteiger partial charge is 0.0849 e. The second-order valence-electron chi connectivity index (χ2n) is 11.6. The number of piperidine rings is 1. The summed E-state index contributed by atoms with van der Waals surface area (Å²) in [6, 6.07) is 22.2. The molecule has 1 aliphatic heterocycles. The summed E-state index contributed by atoms with van der Waals surface area (Å²) in [5.74, 6) is 1.18. The zero-order valence-corrected chi connectivity index (χ0v) is 25.0. The molecule has 2 aromatic carbocycles. The van der Waals surface area contributed by atoms with E-state index in [-0.39, 0.29) is 0 Å². The fourth-order valence-corrected chi connectivity index (χ4v) is 6.05. The molecule has 0 bridgehead atoms. The van der Waals surface area contributed by atoms with Crippen LogP contribution in [-0.4, -0.2) is 30.9 Å². The van der Waals surface area contributed by atoms with Crippen LogP contribution >= 0.6 is 0 Å². The first-order chi connectivity index (χ1) is 19.4. The maximum atomic E-state index is 4.78. The molecule has 1 heterocycles. The molecule has 1 saturated heterocycles. The van der Waals surface area contributed by atoms with Gasteiger partial charge < -0.3 is 4.90 Å². The van der Waals surface area contributed by atoms with Crippen molar-refractivity contribution in [3.8, 4) is 0 Å². The van der Waals surface area contributed by atoms with Crippen LogP contribution in [0.15, 0.2) is 77.8 Å². The van der Waals surface area contributed by atoms with E-state index in [4.69, 9.17) is 4.99 Å². The number of aliphatic imine (C=N–C) groups is 1. The molecule has 0 radical (unpaired) electrons. The average molecular weight is 529 g/mol. The molecule has 2 aromatic rings. The summed E-state index contributed by atoms with van der Waals surface area (Å²) < 4.78 is 0. The van der Waals surface area contributed by atoms with Crippen LogP contribution in [0.5, 0.6) is 0 Å². The SMILES string of the molecule is CCCCCCCC/C=C/CCCCCCCCN=CN1CCC(C(c2ccccc2)c2ccccc2)CC1. The van der Waals surface area contributed by atoms with Gasteiger partial charge >= 0.3 is 0 Å². The zero-order chi connectivity index (χ0) is 27.2. The summed E-state index contributed by atoms with van der Waals surface area (Å²) in [6.07, 6.45) is 28.5. The summed E-state index contributed by atoms with van der Waals surface area (Å²) in [7, 11) is 0. The maximum Gasteiger partial charge on any atom is 0.0849 e. The van der Waals surface area contributed by atoms with E-state index in [1.54, 1.807) is 0 Å². The lowest BCUT2D eigenvalue weighted by atomic mass is 9.76. The molecular weight excluding hydrogens is 472 g/mol. The van der Waals surface area contributed by atoms with Crippen molar-refractivity contribution in [1.29, 1.82) is 0 Å². The van der Waals surface area contributed by atoms with Crippen LogP contribution in [0.2, 0.25) is 0 Å². The highest BCUT2D eigenvalue weighted by Gasteiger charge is 2.28. The number of allylic oxidation sites excluding steroid dienone is 2. The highest BCUT2D eigenvalue weighted by Crippen LogP contribution is 2.37. The summed E-state index contributed by atoms with van der Waals surface area (Å²) in [5.41, 5.74) is 2.91. The van der Waals surface area contributed by atoms with Crippen molar-refractivity contribution in [3.63, 3.8) is 0 Å². The quantitative estimate of drug-likeness (QED) is 0.0722. The Bertz CT molecular complexity index is 841. The van der Waals surface area contributed by atoms with Gasteiger partial charge in [0.25, 0.3) is 0 Å². The van der Waals surface area contributed by atoms with Gasteiger partial charge in [-0.25, -0.2) is 0 Å². The molecule has 2 heteroatoms. The summed E-state index contributed by atoms with van der Waals surface area (Å²) in [5, 5.41) is 0. The Kier molecular flexibility index (Phi) is 16.4. The number of likely N-dealkylation sites (tertiary alicyclic amines) is 1. The van der Waals surface area contributed by atoms with E-state index in [2.05, 4.69) is 91.0 Å². The zero-order valence-electron chi connectivity index (χ0n) is 25.0. The van der Waals surface area contributed by atoms with Gasteiger partial charge in [-0.05, 0) is 62.0 Å². The van der Waals surface area contributed by atoms with E-state index in [1.807, 2.05) is 0 Å². The molecule has 0 saturated carbocycles. The van der Waals surface area contributed by atoms with E-state index in [0.717, 1.165) is 19.6 Å². The van der Waals surface area contributed by atoms with Crippen molar-refractivity contribution in [1.82, 2.24) is 4.90 Å². The van der Waals surface area contributed by atoms with Gasteiger partial charge in [-0.1, -0.05) is 138 Å².